The summed E-state index contributed by atoms with van der Waals surface area (Å²) in [6.07, 6.45) is -11.5. The fraction of sp³-hybridized carbons (Fsp3) is 1.00. The number of hydrogen-bond donors (Lipinski definition) is 1. The lowest BCUT2D eigenvalue weighted by atomic mass is 9.65. The maximum absolute atomic E-state index is 13.1. The van der Waals surface area contributed by atoms with Crippen LogP contribution in [0, 0.1) is 46.3 Å². The Labute approximate surface area is 136 Å². The van der Waals surface area contributed by atoms with Crippen LogP contribution in [0.4, 0.5) is 26.3 Å². The van der Waals surface area contributed by atoms with Gasteiger partial charge in [0.05, 0.1) is 0 Å². The van der Waals surface area contributed by atoms with E-state index in [9.17, 15) is 31.4 Å². The largest absolute Gasteiger partial charge is 0.426 e. The van der Waals surface area contributed by atoms with Gasteiger partial charge in [0, 0.05) is 0 Å². The molecule has 0 radical (unpaired) electrons. The van der Waals surface area contributed by atoms with Gasteiger partial charge in [-0.2, -0.15) is 26.3 Å². The van der Waals surface area contributed by atoms with Crippen molar-refractivity contribution in [2.24, 2.45) is 46.3 Å². The molecular formula is C17H22F6O. The first-order valence-corrected chi connectivity index (χ1v) is 8.61. The summed E-state index contributed by atoms with van der Waals surface area (Å²) in [5, 5.41) is 9.64. The van der Waals surface area contributed by atoms with Crippen LogP contribution in [0.3, 0.4) is 0 Å². The van der Waals surface area contributed by atoms with Crippen LogP contribution < -0.4 is 0 Å². The van der Waals surface area contributed by atoms with Crippen molar-refractivity contribution in [1.82, 2.24) is 0 Å². The monoisotopic (exact) mass is 356 g/mol. The Morgan fingerprint density at radius 3 is 1.96 bits per heavy atom. The van der Waals surface area contributed by atoms with Crippen molar-refractivity contribution in [3.05, 3.63) is 0 Å². The zero-order valence-electron chi connectivity index (χ0n) is 13.8. The quantitative estimate of drug-likeness (QED) is 0.721. The normalized spacial score (nSPS) is 49.4. The minimum absolute atomic E-state index is 0.0439. The molecule has 24 heavy (non-hydrogen) atoms. The van der Waals surface area contributed by atoms with Crippen molar-refractivity contribution >= 4 is 0 Å². The van der Waals surface area contributed by atoms with E-state index in [0.29, 0.717) is 18.3 Å². The van der Waals surface area contributed by atoms with Crippen molar-refractivity contribution in [3.8, 4) is 0 Å². The molecule has 1 nitrogen and oxygen atoms in total. The van der Waals surface area contributed by atoms with Crippen molar-refractivity contribution in [2.75, 3.05) is 0 Å². The van der Waals surface area contributed by atoms with Crippen LogP contribution >= 0.6 is 0 Å². The number of aliphatic hydroxyl groups is 1. The third-order valence-electron chi connectivity index (χ3n) is 8.16. The number of hydrogen-bond acceptors (Lipinski definition) is 1. The minimum atomic E-state index is -5.70. The Kier molecular flexibility index (Phi) is 2.90. The fourth-order valence-corrected chi connectivity index (χ4v) is 7.43. The maximum Gasteiger partial charge on any atom is 0.426 e. The smallest absolute Gasteiger partial charge is 0.374 e. The van der Waals surface area contributed by atoms with Gasteiger partial charge in [-0.15, -0.1) is 0 Å². The Morgan fingerprint density at radius 2 is 1.54 bits per heavy atom. The van der Waals surface area contributed by atoms with Gasteiger partial charge in [0.25, 0.3) is 5.60 Å². The standard InChI is InChI=1S/C17H22F6O/c1-7(2)11-12-8(3)13(12)4-9(14(11)6-10(13)14)5-15(24,16(18,19)20)17(21,22)23/h7-12,24H,4-6H2,1-3H3. The zero-order valence-corrected chi connectivity index (χ0v) is 13.8. The van der Waals surface area contributed by atoms with Crippen LogP contribution in [0.15, 0.2) is 0 Å². The van der Waals surface area contributed by atoms with Crippen LogP contribution in [0.1, 0.15) is 40.0 Å². The van der Waals surface area contributed by atoms with E-state index in [1.165, 1.54) is 0 Å². The summed E-state index contributed by atoms with van der Waals surface area (Å²) in [4.78, 5) is 0. The van der Waals surface area contributed by atoms with E-state index in [1.54, 1.807) is 0 Å². The highest BCUT2D eigenvalue weighted by molar-refractivity contribution is 5.39. The van der Waals surface area contributed by atoms with E-state index in [2.05, 4.69) is 6.92 Å². The molecule has 0 heterocycles. The van der Waals surface area contributed by atoms with E-state index in [-0.39, 0.29) is 23.2 Å². The molecule has 138 valence electrons. The van der Waals surface area contributed by atoms with Crippen LogP contribution in [-0.2, 0) is 0 Å². The average molecular weight is 356 g/mol. The van der Waals surface area contributed by atoms with Crippen LogP contribution in [-0.4, -0.2) is 23.1 Å². The highest BCUT2D eigenvalue weighted by atomic mass is 19.4. The summed E-state index contributed by atoms with van der Waals surface area (Å²) in [6, 6.07) is 0. The molecule has 4 rings (SSSR count). The van der Waals surface area contributed by atoms with Crippen LogP contribution in [0.5, 0.6) is 0 Å². The highest BCUT2D eigenvalue weighted by Gasteiger charge is 2.93. The molecule has 0 saturated heterocycles. The summed E-state index contributed by atoms with van der Waals surface area (Å²) in [5.41, 5.74) is -5.03. The van der Waals surface area contributed by atoms with Gasteiger partial charge in [-0.05, 0) is 65.6 Å². The van der Waals surface area contributed by atoms with Crippen molar-refractivity contribution in [2.45, 2.75) is 58.0 Å². The maximum atomic E-state index is 13.1. The van der Waals surface area contributed by atoms with Crippen molar-refractivity contribution in [3.63, 3.8) is 0 Å². The van der Waals surface area contributed by atoms with Gasteiger partial charge in [0.1, 0.15) is 0 Å². The van der Waals surface area contributed by atoms with Gasteiger partial charge in [0.15, 0.2) is 0 Å². The Bertz CT molecular complexity index is 567. The molecule has 7 atom stereocenters. The number of alkyl halides is 6. The van der Waals surface area contributed by atoms with Gasteiger partial charge in [-0.1, -0.05) is 20.8 Å². The molecule has 1 spiro atoms. The predicted molar refractivity (Wildman–Crippen MR) is 73.7 cm³/mol. The SMILES string of the molecule is CC(C)C1C2C(C)C23CC(CC(O)(C(F)(F)F)C(F)(F)F)C12CC23. The number of rotatable bonds is 3. The lowest BCUT2D eigenvalue weighted by molar-refractivity contribution is -0.374. The van der Waals surface area contributed by atoms with Crippen molar-refractivity contribution < 1.29 is 31.4 Å². The summed E-state index contributed by atoms with van der Waals surface area (Å²) >= 11 is 0. The van der Waals surface area contributed by atoms with E-state index in [1.807, 2.05) is 13.8 Å². The van der Waals surface area contributed by atoms with Crippen LogP contribution in [0.25, 0.3) is 0 Å². The molecule has 4 saturated carbocycles. The molecule has 1 N–H and O–H groups in total. The summed E-state index contributed by atoms with van der Waals surface area (Å²) in [6.45, 7) is 6.13. The topological polar surface area (TPSA) is 20.2 Å². The van der Waals surface area contributed by atoms with Gasteiger partial charge < -0.3 is 5.11 Å². The van der Waals surface area contributed by atoms with E-state index in [4.69, 9.17) is 0 Å². The van der Waals surface area contributed by atoms with Crippen LogP contribution in [0.2, 0.25) is 0 Å². The lowest BCUT2D eigenvalue weighted by Gasteiger charge is -2.42. The first kappa shape index (κ1) is 17.0. The van der Waals surface area contributed by atoms with Gasteiger partial charge in [-0.3, -0.25) is 0 Å². The molecule has 0 aromatic heterocycles. The Balaban J connectivity index is 1.68. The number of halogens is 6. The van der Waals surface area contributed by atoms with Gasteiger partial charge >= 0.3 is 12.4 Å². The summed E-state index contributed by atoms with van der Waals surface area (Å²) in [7, 11) is 0. The van der Waals surface area contributed by atoms with Gasteiger partial charge in [0.2, 0.25) is 0 Å². The molecule has 7 heteroatoms. The molecule has 7 unspecified atom stereocenters. The predicted octanol–water partition coefficient (Wildman–Crippen LogP) is 4.80. The Morgan fingerprint density at radius 1 is 1.00 bits per heavy atom. The second-order valence-corrected chi connectivity index (χ2v) is 9.03. The molecule has 4 fully saturated rings. The van der Waals surface area contributed by atoms with Crippen molar-refractivity contribution in [1.29, 1.82) is 0 Å². The summed E-state index contributed by atoms with van der Waals surface area (Å²) in [5.74, 6) is 0.872. The molecule has 2 bridgehead atoms. The molecular weight excluding hydrogens is 334 g/mol. The second kappa shape index (κ2) is 4.09. The highest BCUT2D eigenvalue weighted by Crippen LogP contribution is 2.97. The molecule has 0 aromatic rings. The second-order valence-electron chi connectivity index (χ2n) is 9.03. The first-order valence-electron chi connectivity index (χ1n) is 8.61. The van der Waals surface area contributed by atoms with E-state index in [0.717, 1.165) is 6.42 Å². The third kappa shape index (κ3) is 1.55. The minimum Gasteiger partial charge on any atom is -0.374 e. The molecule has 4 aliphatic carbocycles. The molecule has 0 aliphatic heterocycles. The first-order chi connectivity index (χ1) is 10.7. The zero-order chi connectivity index (χ0) is 18.1. The molecule has 0 aromatic carbocycles. The Hall–Kier alpha value is -0.460. The summed E-state index contributed by atoms with van der Waals surface area (Å²) < 4.78 is 78.6. The lowest BCUT2D eigenvalue weighted by Crippen LogP contribution is -2.58. The molecule has 4 aliphatic rings. The van der Waals surface area contributed by atoms with Gasteiger partial charge in [-0.25, -0.2) is 0 Å². The third-order valence-corrected chi connectivity index (χ3v) is 8.16. The fourth-order valence-electron chi connectivity index (χ4n) is 7.43. The average Bonchev–Trinajstić information content (AvgIpc) is 3.21. The molecule has 0 amide bonds. The van der Waals surface area contributed by atoms with E-state index < -0.39 is 35.7 Å². The van der Waals surface area contributed by atoms with E-state index >= 15 is 0 Å².